The van der Waals surface area contributed by atoms with Crippen molar-refractivity contribution >= 4 is 16.9 Å². The molecule has 0 aliphatic carbocycles. The second-order valence-corrected chi connectivity index (χ2v) is 6.95. The van der Waals surface area contributed by atoms with Crippen LogP contribution in [0.25, 0.3) is 11.0 Å². The molecule has 3 aromatic rings. The van der Waals surface area contributed by atoms with Gasteiger partial charge in [0.25, 0.3) is 5.91 Å². The predicted molar refractivity (Wildman–Crippen MR) is 96.9 cm³/mol. The highest BCUT2D eigenvalue weighted by atomic mass is 19.1. The lowest BCUT2D eigenvalue weighted by molar-refractivity contribution is 0.0771. The Labute approximate surface area is 149 Å². The number of benzene rings is 2. The quantitative estimate of drug-likeness (QED) is 0.694. The van der Waals surface area contributed by atoms with E-state index in [4.69, 9.17) is 4.42 Å². The van der Waals surface area contributed by atoms with Crippen molar-refractivity contribution in [3.05, 3.63) is 81.0 Å². The lowest BCUT2D eigenvalue weighted by Gasteiger charge is -2.20. The van der Waals surface area contributed by atoms with E-state index in [-0.39, 0.29) is 33.6 Å². The third kappa shape index (κ3) is 2.35. The minimum absolute atomic E-state index is 0.0366. The van der Waals surface area contributed by atoms with E-state index < -0.39 is 11.9 Å². The van der Waals surface area contributed by atoms with Crippen LogP contribution in [0.1, 0.15) is 53.1 Å². The molecule has 0 radical (unpaired) electrons. The number of carbonyl (C=O) groups excluding carboxylic acids is 1. The van der Waals surface area contributed by atoms with Crippen LogP contribution in [0.15, 0.2) is 51.7 Å². The van der Waals surface area contributed by atoms with Crippen molar-refractivity contribution in [2.45, 2.75) is 25.8 Å². The number of nitrogens with zero attached hydrogens (tertiary/aromatic N) is 1. The van der Waals surface area contributed by atoms with E-state index in [2.05, 4.69) is 13.8 Å². The van der Waals surface area contributed by atoms with Crippen LogP contribution >= 0.6 is 0 Å². The Morgan fingerprint density at radius 3 is 2.42 bits per heavy atom. The van der Waals surface area contributed by atoms with Gasteiger partial charge in [0.05, 0.1) is 17.0 Å². The second-order valence-electron chi connectivity index (χ2n) is 6.95. The molecule has 0 fully saturated rings. The Morgan fingerprint density at radius 1 is 1.08 bits per heavy atom. The largest absolute Gasteiger partial charge is 0.450 e. The zero-order valence-corrected chi connectivity index (χ0v) is 14.7. The minimum Gasteiger partial charge on any atom is -0.450 e. The summed E-state index contributed by atoms with van der Waals surface area (Å²) in [5.74, 6) is -0.438. The van der Waals surface area contributed by atoms with Gasteiger partial charge in [-0.15, -0.1) is 0 Å². The van der Waals surface area contributed by atoms with Crippen molar-refractivity contribution in [3.63, 3.8) is 0 Å². The Balaban J connectivity index is 1.94. The van der Waals surface area contributed by atoms with Crippen LogP contribution in [-0.2, 0) is 0 Å². The van der Waals surface area contributed by atoms with E-state index in [0.717, 1.165) is 11.6 Å². The van der Waals surface area contributed by atoms with E-state index in [1.165, 1.54) is 22.6 Å². The van der Waals surface area contributed by atoms with Crippen LogP contribution < -0.4 is 5.43 Å². The first-order chi connectivity index (χ1) is 12.4. The highest BCUT2D eigenvalue weighted by molar-refractivity contribution is 5.98. The monoisotopic (exact) mass is 351 g/mol. The first-order valence-corrected chi connectivity index (χ1v) is 8.51. The molecule has 0 unspecified atom stereocenters. The average molecular weight is 351 g/mol. The van der Waals surface area contributed by atoms with Gasteiger partial charge in [0.2, 0.25) is 5.76 Å². The Bertz CT molecular complexity index is 1080. The van der Waals surface area contributed by atoms with Crippen molar-refractivity contribution in [1.82, 2.24) is 4.90 Å². The van der Waals surface area contributed by atoms with Gasteiger partial charge in [-0.05, 0) is 35.2 Å². The third-order valence-electron chi connectivity index (χ3n) is 4.98. The topological polar surface area (TPSA) is 50.5 Å². The van der Waals surface area contributed by atoms with Crippen LogP contribution in [0.5, 0.6) is 0 Å². The zero-order valence-electron chi connectivity index (χ0n) is 14.7. The maximum Gasteiger partial charge on any atom is 0.290 e. The van der Waals surface area contributed by atoms with Crippen molar-refractivity contribution in [2.75, 3.05) is 7.05 Å². The number of amides is 1. The molecule has 2 heterocycles. The number of halogens is 1. The SMILES string of the molecule is CC(C)c1ccc([C@@H]2c3c(oc4ccc(F)cc4c3=O)C(=O)N2C)cc1. The fourth-order valence-electron chi connectivity index (χ4n) is 3.51. The molecule has 1 aliphatic rings. The van der Waals surface area contributed by atoms with Crippen LogP contribution in [0, 0.1) is 5.82 Å². The van der Waals surface area contributed by atoms with E-state index in [1.54, 1.807) is 7.05 Å². The van der Waals surface area contributed by atoms with Gasteiger partial charge in [-0.1, -0.05) is 38.1 Å². The van der Waals surface area contributed by atoms with Crippen molar-refractivity contribution in [3.8, 4) is 0 Å². The summed E-state index contributed by atoms with van der Waals surface area (Å²) in [6, 6.07) is 11.1. The molecule has 4 rings (SSSR count). The molecule has 2 aromatic carbocycles. The zero-order chi connectivity index (χ0) is 18.6. The molecule has 26 heavy (non-hydrogen) atoms. The molecular formula is C21H18FNO3. The van der Waals surface area contributed by atoms with Gasteiger partial charge in [0, 0.05) is 7.05 Å². The normalized spacial score (nSPS) is 16.6. The molecule has 1 aromatic heterocycles. The summed E-state index contributed by atoms with van der Waals surface area (Å²) in [6.45, 7) is 4.20. The van der Waals surface area contributed by atoms with Crippen molar-refractivity contribution in [2.24, 2.45) is 0 Å². The summed E-state index contributed by atoms with van der Waals surface area (Å²) in [5, 5.41) is 0.149. The van der Waals surface area contributed by atoms with Crippen LogP contribution in [-0.4, -0.2) is 17.9 Å². The molecule has 1 atom stereocenters. The minimum atomic E-state index is -0.539. The average Bonchev–Trinajstić information content (AvgIpc) is 2.87. The van der Waals surface area contributed by atoms with Gasteiger partial charge in [0.1, 0.15) is 11.4 Å². The standard InChI is InChI=1S/C21H18FNO3/c1-11(2)12-4-6-13(7-5-12)18-17-19(24)15-10-14(22)8-9-16(15)26-20(17)21(25)23(18)3/h4-11,18H,1-3H3/t18-/m1/s1. The molecule has 0 saturated carbocycles. The molecule has 5 heteroatoms. The summed E-state index contributed by atoms with van der Waals surface area (Å²) in [5.41, 5.74) is 2.12. The van der Waals surface area contributed by atoms with Gasteiger partial charge < -0.3 is 9.32 Å². The predicted octanol–water partition coefficient (Wildman–Crippen LogP) is 4.23. The fourth-order valence-corrected chi connectivity index (χ4v) is 3.51. The number of fused-ring (bicyclic) bond motifs is 2. The van der Waals surface area contributed by atoms with Gasteiger partial charge in [-0.2, -0.15) is 0 Å². The Hall–Kier alpha value is -2.95. The van der Waals surface area contributed by atoms with Crippen molar-refractivity contribution < 1.29 is 13.6 Å². The third-order valence-corrected chi connectivity index (χ3v) is 4.98. The molecule has 0 bridgehead atoms. The lowest BCUT2D eigenvalue weighted by Crippen LogP contribution is -2.25. The summed E-state index contributed by atoms with van der Waals surface area (Å²) in [7, 11) is 1.64. The van der Waals surface area contributed by atoms with Crippen molar-refractivity contribution in [1.29, 1.82) is 0 Å². The van der Waals surface area contributed by atoms with E-state index in [9.17, 15) is 14.0 Å². The Morgan fingerprint density at radius 2 is 1.77 bits per heavy atom. The van der Waals surface area contributed by atoms with Crippen LogP contribution in [0.3, 0.4) is 0 Å². The Kier molecular flexibility index (Phi) is 3.68. The maximum atomic E-state index is 13.6. The highest BCUT2D eigenvalue weighted by Crippen LogP contribution is 2.37. The molecule has 4 nitrogen and oxygen atoms in total. The number of carbonyl (C=O) groups is 1. The van der Waals surface area contributed by atoms with Gasteiger partial charge in [0.15, 0.2) is 5.43 Å². The van der Waals surface area contributed by atoms with Gasteiger partial charge in [-0.3, -0.25) is 9.59 Å². The molecule has 1 aliphatic heterocycles. The highest BCUT2D eigenvalue weighted by Gasteiger charge is 2.40. The van der Waals surface area contributed by atoms with Gasteiger partial charge >= 0.3 is 0 Å². The number of hydrogen-bond acceptors (Lipinski definition) is 3. The smallest absolute Gasteiger partial charge is 0.290 e. The van der Waals surface area contributed by atoms with E-state index >= 15 is 0 Å². The van der Waals surface area contributed by atoms with Crippen LogP contribution in [0.4, 0.5) is 4.39 Å². The second kappa shape index (κ2) is 5.80. The molecule has 0 N–H and O–H groups in total. The first-order valence-electron chi connectivity index (χ1n) is 8.51. The van der Waals surface area contributed by atoms with Crippen LogP contribution in [0.2, 0.25) is 0 Å². The first kappa shape index (κ1) is 16.5. The molecule has 0 saturated heterocycles. The van der Waals surface area contributed by atoms with Gasteiger partial charge in [-0.25, -0.2) is 4.39 Å². The number of rotatable bonds is 2. The molecule has 132 valence electrons. The summed E-state index contributed by atoms with van der Waals surface area (Å²) in [4.78, 5) is 27.1. The summed E-state index contributed by atoms with van der Waals surface area (Å²) < 4.78 is 19.3. The molecule has 1 amide bonds. The summed E-state index contributed by atoms with van der Waals surface area (Å²) >= 11 is 0. The molecular weight excluding hydrogens is 333 g/mol. The van der Waals surface area contributed by atoms with E-state index in [1.807, 2.05) is 24.3 Å². The summed E-state index contributed by atoms with van der Waals surface area (Å²) in [6.07, 6.45) is 0. The molecule has 0 spiro atoms. The van der Waals surface area contributed by atoms with E-state index in [0.29, 0.717) is 5.92 Å². The maximum absolute atomic E-state index is 13.6. The fraction of sp³-hybridized carbons (Fsp3) is 0.238. The lowest BCUT2D eigenvalue weighted by atomic mass is 9.95. The number of hydrogen-bond donors (Lipinski definition) is 0.